The van der Waals surface area contributed by atoms with Gasteiger partial charge in [-0.05, 0) is 48.7 Å². The molecule has 0 bridgehead atoms. The minimum Gasteiger partial charge on any atom is -0.494 e. The van der Waals surface area contributed by atoms with Gasteiger partial charge in [0.05, 0.1) is 19.0 Å². The molecule has 1 N–H and O–H groups in total. The molecule has 2 atom stereocenters. The highest BCUT2D eigenvalue weighted by molar-refractivity contribution is 6.05. The fourth-order valence-corrected chi connectivity index (χ4v) is 5.49. The largest absolute Gasteiger partial charge is 0.494 e. The number of nitrogens with zero attached hydrogens (tertiary/aromatic N) is 4. The fraction of sp³-hybridized carbons (Fsp3) is 0.357. The number of likely N-dealkylation sites (tertiary alicyclic amines) is 1. The van der Waals surface area contributed by atoms with Crippen molar-refractivity contribution in [2.24, 2.45) is 0 Å². The molecule has 1 aromatic heterocycles. The highest BCUT2D eigenvalue weighted by Crippen LogP contribution is 2.31. The van der Waals surface area contributed by atoms with E-state index in [1.807, 2.05) is 12.3 Å². The molecule has 0 aliphatic carbocycles. The van der Waals surface area contributed by atoms with Crippen LogP contribution >= 0.6 is 0 Å². The Morgan fingerprint density at radius 1 is 1.13 bits per heavy atom. The minimum atomic E-state index is -0.634. The van der Waals surface area contributed by atoms with Crippen LogP contribution < -0.4 is 14.8 Å². The highest BCUT2D eigenvalue weighted by Gasteiger charge is 2.39. The third-order valence-corrected chi connectivity index (χ3v) is 7.47. The SMILES string of the molecule is COc1cc(-n2cc(CN3CC[C@H](Oc4ccc5c(c4)CN(C4CCC(=O)NC4=O)C5=O)C3)cn2)ccc1F. The lowest BCUT2D eigenvalue weighted by Gasteiger charge is -2.29. The van der Waals surface area contributed by atoms with Crippen molar-refractivity contribution in [3.63, 3.8) is 0 Å². The molecule has 6 rings (SSSR count). The monoisotopic (exact) mass is 533 g/mol. The van der Waals surface area contributed by atoms with Gasteiger partial charge in [-0.2, -0.15) is 5.10 Å². The number of methoxy groups -OCH3 is 1. The van der Waals surface area contributed by atoms with Crippen molar-refractivity contribution in [2.45, 2.75) is 44.5 Å². The number of amides is 3. The highest BCUT2D eigenvalue weighted by atomic mass is 19.1. The van der Waals surface area contributed by atoms with Gasteiger partial charge in [-0.25, -0.2) is 9.07 Å². The van der Waals surface area contributed by atoms with Crippen LogP contribution in [0.25, 0.3) is 5.69 Å². The predicted molar refractivity (Wildman–Crippen MR) is 137 cm³/mol. The molecule has 3 aliphatic rings. The molecule has 2 aromatic carbocycles. The second kappa shape index (κ2) is 10.1. The summed E-state index contributed by atoms with van der Waals surface area (Å²) in [5.41, 5.74) is 3.13. The van der Waals surface area contributed by atoms with E-state index in [0.29, 0.717) is 36.5 Å². The molecule has 2 fully saturated rings. The zero-order chi connectivity index (χ0) is 27.1. The number of imide groups is 1. The van der Waals surface area contributed by atoms with Crippen LogP contribution in [0, 0.1) is 5.82 Å². The van der Waals surface area contributed by atoms with Gasteiger partial charge in [-0.1, -0.05) is 0 Å². The van der Waals surface area contributed by atoms with Gasteiger partial charge < -0.3 is 14.4 Å². The van der Waals surface area contributed by atoms with Crippen LogP contribution in [0.5, 0.6) is 11.5 Å². The first-order chi connectivity index (χ1) is 18.9. The number of halogens is 1. The maximum atomic E-state index is 13.7. The molecular formula is C28H28FN5O5. The number of nitrogens with one attached hydrogen (secondary N) is 1. The Hall–Kier alpha value is -4.25. The summed E-state index contributed by atoms with van der Waals surface area (Å²) in [6.07, 6.45) is 5.15. The summed E-state index contributed by atoms with van der Waals surface area (Å²) < 4.78 is 26.8. The molecule has 1 unspecified atom stereocenters. The summed E-state index contributed by atoms with van der Waals surface area (Å²) >= 11 is 0. The average molecular weight is 534 g/mol. The zero-order valence-corrected chi connectivity index (χ0v) is 21.4. The number of aromatic nitrogens is 2. The summed E-state index contributed by atoms with van der Waals surface area (Å²) in [5, 5.41) is 6.74. The molecule has 0 radical (unpaired) electrons. The quantitative estimate of drug-likeness (QED) is 0.465. The Labute approximate surface area is 224 Å². The van der Waals surface area contributed by atoms with Gasteiger partial charge in [-0.15, -0.1) is 0 Å². The van der Waals surface area contributed by atoms with E-state index in [1.54, 1.807) is 35.1 Å². The van der Waals surface area contributed by atoms with Crippen LogP contribution in [0.2, 0.25) is 0 Å². The maximum absolute atomic E-state index is 13.7. The number of carbonyl (C=O) groups is 3. The van der Waals surface area contributed by atoms with Crippen molar-refractivity contribution < 1.29 is 28.2 Å². The molecule has 10 nitrogen and oxygen atoms in total. The Balaban J connectivity index is 1.05. The first kappa shape index (κ1) is 25.1. The maximum Gasteiger partial charge on any atom is 0.255 e. The number of benzene rings is 2. The van der Waals surface area contributed by atoms with Crippen molar-refractivity contribution >= 4 is 17.7 Å². The molecule has 11 heteroatoms. The minimum absolute atomic E-state index is 0.00259. The molecule has 3 aromatic rings. The topological polar surface area (TPSA) is 106 Å². The number of hydrogen-bond donors (Lipinski definition) is 1. The molecule has 0 spiro atoms. The third-order valence-electron chi connectivity index (χ3n) is 7.47. The van der Waals surface area contributed by atoms with Crippen molar-refractivity contribution in [1.82, 2.24) is 24.9 Å². The van der Waals surface area contributed by atoms with E-state index in [-0.39, 0.29) is 30.1 Å². The van der Waals surface area contributed by atoms with Gasteiger partial charge in [0.25, 0.3) is 5.91 Å². The third kappa shape index (κ3) is 4.97. The Bertz CT molecular complexity index is 1460. The molecule has 3 aliphatic heterocycles. The van der Waals surface area contributed by atoms with E-state index in [2.05, 4.69) is 15.3 Å². The summed E-state index contributed by atoms with van der Waals surface area (Å²) in [7, 11) is 1.43. The van der Waals surface area contributed by atoms with Crippen LogP contribution in [-0.2, 0) is 22.7 Å². The smallest absolute Gasteiger partial charge is 0.255 e. The second-order valence-corrected chi connectivity index (χ2v) is 10.1. The van der Waals surface area contributed by atoms with Crippen LogP contribution in [0.1, 0.15) is 40.7 Å². The summed E-state index contributed by atoms with van der Waals surface area (Å²) in [6.45, 7) is 2.64. The van der Waals surface area contributed by atoms with Crippen molar-refractivity contribution in [3.8, 4) is 17.2 Å². The lowest BCUT2D eigenvalue weighted by molar-refractivity contribution is -0.136. The van der Waals surface area contributed by atoms with Crippen LogP contribution in [0.15, 0.2) is 48.8 Å². The number of ether oxygens (including phenoxy) is 2. The van der Waals surface area contributed by atoms with E-state index in [1.165, 1.54) is 18.1 Å². The van der Waals surface area contributed by atoms with Crippen LogP contribution in [-0.4, -0.2) is 69.6 Å². The molecule has 39 heavy (non-hydrogen) atoms. The first-order valence-electron chi connectivity index (χ1n) is 12.9. The Morgan fingerprint density at radius 3 is 2.82 bits per heavy atom. The zero-order valence-electron chi connectivity index (χ0n) is 21.4. The summed E-state index contributed by atoms with van der Waals surface area (Å²) in [6, 6.07) is 9.42. The normalized spacial score (nSPS) is 21.3. The van der Waals surface area contributed by atoms with Crippen LogP contribution in [0.3, 0.4) is 0 Å². The summed E-state index contributed by atoms with van der Waals surface area (Å²) in [5.74, 6) is -0.474. The van der Waals surface area contributed by atoms with Gasteiger partial charge in [0.1, 0.15) is 17.9 Å². The van der Waals surface area contributed by atoms with E-state index < -0.39 is 17.8 Å². The number of piperidine rings is 1. The number of carbonyl (C=O) groups excluding carboxylic acids is 3. The molecule has 0 saturated carbocycles. The van der Waals surface area contributed by atoms with Gasteiger partial charge in [0.15, 0.2) is 11.6 Å². The van der Waals surface area contributed by atoms with Gasteiger partial charge in [0, 0.05) is 56.0 Å². The van der Waals surface area contributed by atoms with Crippen molar-refractivity contribution in [1.29, 1.82) is 0 Å². The standard InChI is InChI=1S/C28H28FN5O5/c1-38-25-11-19(2-5-23(25)29)34-14-17(12-30-34)13-32-9-8-21(16-32)39-20-3-4-22-18(10-20)15-33(28(22)37)24-6-7-26(35)31-27(24)36/h2-5,10-12,14,21,24H,6-9,13,15-16H2,1H3,(H,31,35,36)/t21-,24?/m0/s1. The fourth-order valence-electron chi connectivity index (χ4n) is 5.49. The molecule has 202 valence electrons. The molecule has 4 heterocycles. The molecular weight excluding hydrogens is 505 g/mol. The van der Waals surface area contributed by atoms with E-state index in [4.69, 9.17) is 9.47 Å². The lowest BCUT2D eigenvalue weighted by atomic mass is 10.0. The molecule has 3 amide bonds. The van der Waals surface area contributed by atoms with Gasteiger partial charge in [-0.3, -0.25) is 24.6 Å². The first-order valence-corrected chi connectivity index (χ1v) is 12.9. The van der Waals surface area contributed by atoms with E-state index in [9.17, 15) is 18.8 Å². The molecule has 2 saturated heterocycles. The van der Waals surface area contributed by atoms with Crippen LogP contribution in [0.4, 0.5) is 4.39 Å². The Kier molecular flexibility index (Phi) is 6.51. The van der Waals surface area contributed by atoms with E-state index >= 15 is 0 Å². The van der Waals surface area contributed by atoms with E-state index in [0.717, 1.165) is 30.6 Å². The average Bonchev–Trinajstić information content (AvgIpc) is 3.64. The van der Waals surface area contributed by atoms with Gasteiger partial charge in [0.2, 0.25) is 11.8 Å². The van der Waals surface area contributed by atoms with Crippen molar-refractivity contribution in [3.05, 3.63) is 71.3 Å². The predicted octanol–water partition coefficient (Wildman–Crippen LogP) is 2.43. The number of fused-ring (bicyclic) bond motifs is 1. The summed E-state index contributed by atoms with van der Waals surface area (Å²) in [4.78, 5) is 40.5. The number of rotatable bonds is 7. The number of hydrogen-bond acceptors (Lipinski definition) is 7. The lowest BCUT2D eigenvalue weighted by Crippen LogP contribution is -2.52. The Morgan fingerprint density at radius 2 is 2.00 bits per heavy atom. The van der Waals surface area contributed by atoms with Crippen molar-refractivity contribution in [2.75, 3.05) is 20.2 Å². The second-order valence-electron chi connectivity index (χ2n) is 10.1. The van der Waals surface area contributed by atoms with Gasteiger partial charge >= 0.3 is 0 Å².